The maximum Gasteiger partial charge on any atom is 0.134 e. The van der Waals surface area contributed by atoms with Gasteiger partial charge < -0.3 is 9.15 Å². The van der Waals surface area contributed by atoms with Crippen LogP contribution in [0.5, 0.6) is 0 Å². The first-order chi connectivity index (χ1) is 11.9. The topological polar surface area (TPSA) is 51.4 Å². The summed E-state index contributed by atoms with van der Waals surface area (Å²) in [6.45, 7) is 4.25. The summed E-state index contributed by atoms with van der Waals surface area (Å²) in [6.07, 6.45) is 6.19. The highest BCUT2D eigenvalue weighted by atomic mass is 16.5. The lowest BCUT2D eigenvalue weighted by Gasteiger charge is -2.22. The Kier molecular flexibility index (Phi) is 4.53. The van der Waals surface area contributed by atoms with Crippen LogP contribution in [-0.2, 0) is 17.7 Å². The molecule has 1 aliphatic heterocycles. The monoisotopic (exact) mass is 323 g/mol. The molecule has 0 aliphatic carbocycles. The van der Waals surface area contributed by atoms with Crippen LogP contribution in [0.25, 0.3) is 11.0 Å². The minimum Gasteiger partial charge on any atom is -0.460 e. The van der Waals surface area contributed by atoms with Crippen molar-refractivity contribution in [1.82, 2.24) is 14.9 Å². The third-order valence-electron chi connectivity index (χ3n) is 4.39. The average molecular weight is 323 g/mol. The van der Waals surface area contributed by atoms with Gasteiger partial charge in [-0.05, 0) is 18.6 Å². The third kappa shape index (κ3) is 3.63. The summed E-state index contributed by atoms with van der Waals surface area (Å²) < 4.78 is 11.7. The Hall–Kier alpha value is -2.24. The van der Waals surface area contributed by atoms with Gasteiger partial charge in [-0.1, -0.05) is 18.2 Å². The van der Waals surface area contributed by atoms with Gasteiger partial charge in [-0.25, -0.2) is 0 Å². The first kappa shape index (κ1) is 15.3. The van der Waals surface area contributed by atoms with Crippen molar-refractivity contribution >= 4 is 11.0 Å². The summed E-state index contributed by atoms with van der Waals surface area (Å²) in [5, 5.41) is 1.16. The molecule has 1 unspecified atom stereocenters. The second-order valence-corrected chi connectivity index (χ2v) is 6.33. The van der Waals surface area contributed by atoms with Gasteiger partial charge in [-0.3, -0.25) is 14.9 Å². The molecule has 0 saturated carbocycles. The quantitative estimate of drug-likeness (QED) is 0.739. The van der Waals surface area contributed by atoms with Crippen molar-refractivity contribution in [3.05, 3.63) is 60.4 Å². The van der Waals surface area contributed by atoms with Crippen molar-refractivity contribution in [1.29, 1.82) is 0 Å². The summed E-state index contributed by atoms with van der Waals surface area (Å²) in [6, 6.07) is 10.3. The molecule has 1 atom stereocenters. The lowest BCUT2D eigenvalue weighted by Crippen LogP contribution is -2.30. The summed E-state index contributed by atoms with van der Waals surface area (Å²) in [7, 11) is 0. The van der Waals surface area contributed by atoms with Crippen LogP contribution in [0.3, 0.4) is 0 Å². The zero-order valence-electron chi connectivity index (χ0n) is 13.6. The molecular formula is C19H21N3O2. The van der Waals surface area contributed by atoms with Crippen LogP contribution in [-0.4, -0.2) is 41.2 Å². The number of rotatable bonds is 4. The second kappa shape index (κ2) is 7.11. The van der Waals surface area contributed by atoms with E-state index >= 15 is 0 Å². The minimum absolute atomic E-state index is 0.425. The lowest BCUT2D eigenvalue weighted by molar-refractivity contribution is 0.121. The molecule has 1 fully saturated rings. The Morgan fingerprint density at radius 1 is 1.21 bits per heavy atom. The number of fused-ring (bicyclic) bond motifs is 1. The summed E-state index contributed by atoms with van der Waals surface area (Å²) in [5.74, 6) is 1.44. The fourth-order valence-electron chi connectivity index (χ4n) is 3.29. The van der Waals surface area contributed by atoms with Gasteiger partial charge in [-0.2, -0.15) is 0 Å². The van der Waals surface area contributed by atoms with E-state index < -0.39 is 0 Å². The molecule has 124 valence electrons. The maximum absolute atomic E-state index is 5.96. The van der Waals surface area contributed by atoms with Gasteiger partial charge in [-0.15, -0.1) is 0 Å². The molecule has 2 aromatic heterocycles. The van der Waals surface area contributed by atoms with Crippen molar-refractivity contribution in [3.8, 4) is 0 Å². The molecule has 5 nitrogen and oxygen atoms in total. The molecule has 0 spiro atoms. The van der Waals surface area contributed by atoms with Gasteiger partial charge in [0.2, 0.25) is 0 Å². The number of benzene rings is 1. The highest BCUT2D eigenvalue weighted by Crippen LogP contribution is 2.21. The molecular weight excluding hydrogens is 302 g/mol. The van der Waals surface area contributed by atoms with Crippen molar-refractivity contribution in [2.75, 3.05) is 26.3 Å². The number of ether oxygens (including phenoxy) is 1. The van der Waals surface area contributed by atoms with Crippen LogP contribution in [0.4, 0.5) is 0 Å². The fourth-order valence-corrected chi connectivity index (χ4v) is 3.29. The van der Waals surface area contributed by atoms with E-state index in [4.69, 9.17) is 9.15 Å². The van der Waals surface area contributed by atoms with E-state index in [0.29, 0.717) is 5.92 Å². The van der Waals surface area contributed by atoms with Gasteiger partial charge in [0.25, 0.3) is 0 Å². The Morgan fingerprint density at radius 2 is 2.17 bits per heavy atom. The molecule has 0 radical (unpaired) electrons. The van der Waals surface area contributed by atoms with Gasteiger partial charge in [0.05, 0.1) is 25.5 Å². The third-order valence-corrected chi connectivity index (χ3v) is 4.39. The van der Waals surface area contributed by atoms with Gasteiger partial charge in [0.15, 0.2) is 0 Å². The molecule has 3 aromatic rings. The Bertz CT molecular complexity index is 754. The fraction of sp³-hybridized carbons (Fsp3) is 0.368. The minimum atomic E-state index is 0.425. The molecule has 24 heavy (non-hydrogen) atoms. The van der Waals surface area contributed by atoms with Crippen molar-refractivity contribution in [3.63, 3.8) is 0 Å². The van der Waals surface area contributed by atoms with Crippen molar-refractivity contribution in [2.45, 2.75) is 13.0 Å². The molecule has 1 saturated heterocycles. The highest BCUT2D eigenvalue weighted by Gasteiger charge is 2.20. The largest absolute Gasteiger partial charge is 0.460 e. The molecule has 1 aromatic carbocycles. The number of aromatic nitrogens is 2. The zero-order chi connectivity index (χ0) is 16.2. The molecule has 1 aliphatic rings. The van der Waals surface area contributed by atoms with E-state index in [0.717, 1.165) is 61.7 Å². The summed E-state index contributed by atoms with van der Waals surface area (Å²) >= 11 is 0. The van der Waals surface area contributed by atoms with E-state index in [9.17, 15) is 0 Å². The standard InChI is InChI=1S/C19H21N3O2/c1-2-4-19-16(3-1)10-18(24-19)13-22-7-8-23-14-15(12-22)9-17-11-20-5-6-21-17/h1-6,10-11,15H,7-9,12-14H2. The van der Waals surface area contributed by atoms with E-state index in [-0.39, 0.29) is 0 Å². The predicted octanol–water partition coefficient (Wildman–Crippen LogP) is 2.91. The Labute approximate surface area is 141 Å². The molecule has 5 heteroatoms. The van der Waals surface area contributed by atoms with Crippen molar-refractivity contribution in [2.24, 2.45) is 5.92 Å². The van der Waals surface area contributed by atoms with Crippen LogP contribution in [0.2, 0.25) is 0 Å². The second-order valence-electron chi connectivity index (χ2n) is 6.33. The first-order valence-electron chi connectivity index (χ1n) is 8.39. The first-order valence-corrected chi connectivity index (χ1v) is 8.39. The number of nitrogens with zero attached hydrogens (tertiary/aromatic N) is 3. The SMILES string of the molecule is c1ccc2oc(CN3CCOCC(Cc4cnccn4)C3)cc2c1. The van der Waals surface area contributed by atoms with Gasteiger partial charge in [0.1, 0.15) is 11.3 Å². The summed E-state index contributed by atoms with van der Waals surface area (Å²) in [5.41, 5.74) is 1.98. The van der Waals surface area contributed by atoms with Crippen LogP contribution in [0, 0.1) is 5.92 Å². The van der Waals surface area contributed by atoms with Crippen LogP contribution in [0.15, 0.2) is 53.3 Å². The normalized spacial score (nSPS) is 19.4. The number of furan rings is 1. The average Bonchev–Trinajstić information content (AvgIpc) is 2.88. The van der Waals surface area contributed by atoms with Crippen LogP contribution >= 0.6 is 0 Å². The maximum atomic E-state index is 5.96. The Balaban J connectivity index is 1.44. The van der Waals surface area contributed by atoms with E-state index in [1.807, 2.05) is 24.4 Å². The van der Waals surface area contributed by atoms with Gasteiger partial charge in [0, 0.05) is 43.0 Å². The molecule has 4 rings (SSSR count). The lowest BCUT2D eigenvalue weighted by atomic mass is 10.0. The molecule has 3 heterocycles. The van der Waals surface area contributed by atoms with Crippen LogP contribution < -0.4 is 0 Å². The van der Waals surface area contributed by atoms with Crippen molar-refractivity contribution < 1.29 is 9.15 Å². The summed E-state index contributed by atoms with van der Waals surface area (Å²) in [4.78, 5) is 10.9. The van der Waals surface area contributed by atoms with E-state index in [1.165, 1.54) is 0 Å². The molecule has 0 bridgehead atoms. The number of hydrogen-bond acceptors (Lipinski definition) is 5. The molecule has 0 N–H and O–H groups in total. The van der Waals surface area contributed by atoms with E-state index in [1.54, 1.807) is 12.4 Å². The van der Waals surface area contributed by atoms with Gasteiger partial charge >= 0.3 is 0 Å². The predicted molar refractivity (Wildman–Crippen MR) is 91.5 cm³/mol. The number of hydrogen-bond donors (Lipinski definition) is 0. The zero-order valence-corrected chi connectivity index (χ0v) is 13.6. The van der Waals surface area contributed by atoms with Crippen LogP contribution in [0.1, 0.15) is 11.5 Å². The molecule has 0 amide bonds. The highest BCUT2D eigenvalue weighted by molar-refractivity contribution is 5.77. The smallest absolute Gasteiger partial charge is 0.134 e. The number of para-hydroxylation sites is 1. The van der Waals surface area contributed by atoms with E-state index in [2.05, 4.69) is 27.0 Å². The Morgan fingerprint density at radius 3 is 3.04 bits per heavy atom.